The maximum absolute atomic E-state index is 9.21. The van der Waals surface area contributed by atoms with Crippen molar-refractivity contribution in [1.29, 1.82) is 0 Å². The van der Waals surface area contributed by atoms with Crippen molar-refractivity contribution in [2.24, 2.45) is 0 Å². The van der Waals surface area contributed by atoms with E-state index < -0.39 is 0 Å². The topological polar surface area (TPSA) is 20.2 Å². The van der Waals surface area contributed by atoms with Crippen LogP contribution < -0.4 is 0 Å². The first-order valence-corrected chi connectivity index (χ1v) is 6.44. The van der Waals surface area contributed by atoms with Gasteiger partial charge in [-0.3, -0.25) is 0 Å². The van der Waals surface area contributed by atoms with E-state index in [0.717, 1.165) is 13.6 Å². The van der Waals surface area contributed by atoms with E-state index >= 15 is 0 Å². The van der Waals surface area contributed by atoms with Gasteiger partial charge in [-0.2, -0.15) is 0 Å². The van der Waals surface area contributed by atoms with Crippen LogP contribution in [0.25, 0.3) is 10.1 Å². The van der Waals surface area contributed by atoms with E-state index in [1.54, 1.807) is 11.3 Å². The lowest BCUT2D eigenvalue weighted by Gasteiger charge is -2.01. The molecule has 0 aliphatic heterocycles. The Balaban J connectivity index is 2.85. The first kappa shape index (κ1) is 9.89. The van der Waals surface area contributed by atoms with Crippen LogP contribution in [0.2, 0.25) is 0 Å². The molecule has 2 aromatic rings. The number of rotatable bonds is 1. The number of hydrogen-bond donors (Lipinski definition) is 1. The number of thiophene rings is 1. The lowest BCUT2D eigenvalue weighted by Crippen LogP contribution is -1.87. The van der Waals surface area contributed by atoms with Gasteiger partial charge in [0.15, 0.2) is 0 Å². The smallest absolute Gasteiger partial charge is 0.0706 e. The molecule has 0 amide bonds. The highest BCUT2D eigenvalue weighted by atomic mass is 127. The molecule has 0 saturated heterocycles. The third-order valence-electron chi connectivity index (χ3n) is 1.90. The van der Waals surface area contributed by atoms with Crippen molar-refractivity contribution in [3.05, 3.63) is 31.1 Å². The summed E-state index contributed by atoms with van der Waals surface area (Å²) in [6, 6.07) is 4.11. The molecule has 0 spiro atoms. The van der Waals surface area contributed by atoms with Crippen LogP contribution in [0, 0.1) is 3.57 Å². The van der Waals surface area contributed by atoms with Crippen LogP contribution >= 0.6 is 49.9 Å². The Bertz CT molecular complexity index is 452. The first-order chi connectivity index (χ1) is 6.24. The quantitative estimate of drug-likeness (QED) is 0.760. The SMILES string of the molecule is OCc1c(I)ccc2c(Br)csc12. The molecule has 0 unspecified atom stereocenters. The Labute approximate surface area is 102 Å². The van der Waals surface area contributed by atoms with E-state index in [4.69, 9.17) is 0 Å². The molecule has 0 bridgehead atoms. The monoisotopic (exact) mass is 368 g/mol. The predicted octanol–water partition coefficient (Wildman–Crippen LogP) is 3.76. The van der Waals surface area contributed by atoms with Gasteiger partial charge in [0.1, 0.15) is 0 Å². The molecule has 0 radical (unpaired) electrons. The van der Waals surface area contributed by atoms with Gasteiger partial charge in [-0.05, 0) is 44.6 Å². The van der Waals surface area contributed by atoms with E-state index in [1.807, 2.05) is 6.07 Å². The van der Waals surface area contributed by atoms with Gasteiger partial charge in [-0.25, -0.2) is 0 Å². The van der Waals surface area contributed by atoms with Crippen molar-refractivity contribution in [3.63, 3.8) is 0 Å². The average Bonchev–Trinajstić information content (AvgIpc) is 2.48. The maximum Gasteiger partial charge on any atom is 0.0706 e. The highest BCUT2D eigenvalue weighted by Gasteiger charge is 2.08. The third-order valence-corrected chi connectivity index (χ3v) is 4.92. The van der Waals surface area contributed by atoms with Gasteiger partial charge in [-0.1, -0.05) is 6.07 Å². The number of fused-ring (bicyclic) bond motifs is 1. The molecule has 1 heterocycles. The summed E-state index contributed by atoms with van der Waals surface area (Å²) in [5.41, 5.74) is 1.04. The second-order valence-corrected chi connectivity index (χ2v) is 5.54. The van der Waals surface area contributed by atoms with Crippen LogP contribution in [0.15, 0.2) is 22.0 Å². The minimum atomic E-state index is 0.114. The van der Waals surface area contributed by atoms with Gasteiger partial charge in [-0.15, -0.1) is 11.3 Å². The normalized spacial score (nSPS) is 11.0. The molecular formula is C9H6BrIOS. The molecule has 0 atom stereocenters. The van der Waals surface area contributed by atoms with E-state index in [0.29, 0.717) is 0 Å². The van der Waals surface area contributed by atoms with Crippen LogP contribution in [0.4, 0.5) is 0 Å². The molecule has 1 aromatic heterocycles. The molecule has 68 valence electrons. The van der Waals surface area contributed by atoms with Crippen LogP contribution in [0.1, 0.15) is 5.56 Å². The van der Waals surface area contributed by atoms with E-state index in [9.17, 15) is 5.11 Å². The second-order valence-electron chi connectivity index (χ2n) is 2.64. The largest absolute Gasteiger partial charge is 0.392 e. The van der Waals surface area contributed by atoms with Crippen LogP contribution in [-0.2, 0) is 6.61 Å². The Morgan fingerprint density at radius 3 is 2.92 bits per heavy atom. The Kier molecular flexibility index (Phi) is 2.92. The number of hydrogen-bond acceptors (Lipinski definition) is 2. The molecule has 1 aromatic carbocycles. The van der Waals surface area contributed by atoms with Crippen LogP contribution in [-0.4, -0.2) is 5.11 Å². The number of aliphatic hydroxyl groups excluding tert-OH is 1. The Morgan fingerprint density at radius 1 is 1.46 bits per heavy atom. The Morgan fingerprint density at radius 2 is 2.23 bits per heavy atom. The molecule has 0 fully saturated rings. The third kappa shape index (κ3) is 1.65. The van der Waals surface area contributed by atoms with Crippen molar-refractivity contribution in [2.75, 3.05) is 0 Å². The molecule has 0 saturated carbocycles. The highest BCUT2D eigenvalue weighted by Crippen LogP contribution is 2.34. The summed E-state index contributed by atoms with van der Waals surface area (Å²) in [7, 11) is 0. The fourth-order valence-corrected chi connectivity index (χ4v) is 3.76. The van der Waals surface area contributed by atoms with E-state index in [2.05, 4.69) is 50.0 Å². The van der Waals surface area contributed by atoms with Crippen molar-refractivity contribution < 1.29 is 5.11 Å². The lowest BCUT2D eigenvalue weighted by molar-refractivity contribution is 0.282. The van der Waals surface area contributed by atoms with Crippen molar-refractivity contribution >= 4 is 59.9 Å². The Hall–Kier alpha value is 0.350. The van der Waals surface area contributed by atoms with Gasteiger partial charge in [0.2, 0.25) is 0 Å². The maximum atomic E-state index is 9.21. The van der Waals surface area contributed by atoms with Crippen molar-refractivity contribution in [2.45, 2.75) is 6.61 Å². The van der Waals surface area contributed by atoms with Gasteiger partial charge < -0.3 is 5.11 Å². The second kappa shape index (κ2) is 3.84. The molecular weight excluding hydrogens is 363 g/mol. The molecule has 13 heavy (non-hydrogen) atoms. The minimum Gasteiger partial charge on any atom is -0.392 e. The average molecular weight is 369 g/mol. The van der Waals surface area contributed by atoms with Crippen molar-refractivity contribution in [3.8, 4) is 0 Å². The highest BCUT2D eigenvalue weighted by molar-refractivity contribution is 14.1. The fourth-order valence-electron chi connectivity index (χ4n) is 1.25. The van der Waals surface area contributed by atoms with E-state index in [1.165, 1.54) is 10.1 Å². The fraction of sp³-hybridized carbons (Fsp3) is 0.111. The molecule has 0 aliphatic rings. The van der Waals surface area contributed by atoms with Gasteiger partial charge in [0.25, 0.3) is 0 Å². The molecule has 1 nitrogen and oxygen atoms in total. The van der Waals surface area contributed by atoms with Crippen LogP contribution in [0.3, 0.4) is 0 Å². The van der Waals surface area contributed by atoms with Gasteiger partial charge >= 0.3 is 0 Å². The van der Waals surface area contributed by atoms with Gasteiger partial charge in [0.05, 0.1) is 6.61 Å². The van der Waals surface area contributed by atoms with Crippen molar-refractivity contribution in [1.82, 2.24) is 0 Å². The predicted molar refractivity (Wildman–Crippen MR) is 68.2 cm³/mol. The zero-order valence-electron chi connectivity index (χ0n) is 6.55. The summed E-state index contributed by atoms with van der Waals surface area (Å²) in [5, 5.41) is 12.5. The number of benzene rings is 1. The summed E-state index contributed by atoms with van der Waals surface area (Å²) in [5.74, 6) is 0. The molecule has 4 heteroatoms. The van der Waals surface area contributed by atoms with Gasteiger partial charge in [0, 0.05) is 29.1 Å². The molecule has 1 N–H and O–H groups in total. The molecule has 0 aliphatic carbocycles. The van der Waals surface area contributed by atoms with Crippen LogP contribution in [0.5, 0.6) is 0 Å². The summed E-state index contributed by atoms with van der Waals surface area (Å²) in [4.78, 5) is 0. The standard InChI is InChI=1S/C9H6BrIOS/c10-7-4-13-9-5(7)1-2-8(11)6(9)3-12/h1-2,4,12H,3H2. The number of halogens is 2. The summed E-state index contributed by atoms with van der Waals surface area (Å²) < 4.78 is 3.42. The zero-order valence-corrected chi connectivity index (χ0v) is 11.1. The first-order valence-electron chi connectivity index (χ1n) is 3.69. The minimum absolute atomic E-state index is 0.114. The number of aliphatic hydroxyl groups is 1. The summed E-state index contributed by atoms with van der Waals surface area (Å²) >= 11 is 7.40. The summed E-state index contributed by atoms with van der Waals surface area (Å²) in [6.45, 7) is 0.114. The summed E-state index contributed by atoms with van der Waals surface area (Å²) in [6.07, 6.45) is 0. The zero-order chi connectivity index (χ0) is 9.42. The van der Waals surface area contributed by atoms with E-state index in [-0.39, 0.29) is 6.61 Å². The lowest BCUT2D eigenvalue weighted by atomic mass is 10.2. The molecule has 2 rings (SSSR count).